The molecule has 2 aliphatic heterocycles. The first-order valence-electron chi connectivity index (χ1n) is 7.72. The van der Waals surface area contributed by atoms with Crippen LogP contribution in [0.1, 0.15) is 12.8 Å². The molecule has 3 rings (SSSR count). The first kappa shape index (κ1) is 16.6. The largest absolute Gasteiger partial charge is 0.490 e. The first-order valence-corrected chi connectivity index (χ1v) is 9.16. The molecule has 2 N–H and O–H groups in total. The molecule has 0 aromatic heterocycles. The monoisotopic (exact) mass is 344 g/mol. The Labute approximate surface area is 135 Å². The van der Waals surface area contributed by atoms with E-state index >= 15 is 0 Å². The van der Waals surface area contributed by atoms with Gasteiger partial charge in [-0.2, -0.15) is 4.31 Å². The van der Waals surface area contributed by atoms with Crippen molar-refractivity contribution in [1.82, 2.24) is 4.31 Å². The van der Waals surface area contributed by atoms with Gasteiger partial charge in [-0.3, -0.25) is 0 Å². The third-order valence-corrected chi connectivity index (χ3v) is 6.09. The third kappa shape index (κ3) is 3.65. The summed E-state index contributed by atoms with van der Waals surface area (Å²) in [5.41, 5.74) is 5.74. The highest BCUT2D eigenvalue weighted by atomic mass is 32.2. The third-order valence-electron chi connectivity index (χ3n) is 4.23. The van der Waals surface area contributed by atoms with E-state index in [1.54, 1.807) is 0 Å². The lowest BCUT2D eigenvalue weighted by atomic mass is 10.1. The molecule has 0 radical (unpaired) electrons. The van der Waals surface area contributed by atoms with Crippen molar-refractivity contribution in [1.29, 1.82) is 0 Å². The van der Waals surface area contributed by atoms with E-state index in [0.29, 0.717) is 32.8 Å². The first-order chi connectivity index (χ1) is 11.0. The molecule has 8 heteroatoms. The van der Waals surface area contributed by atoms with E-state index in [2.05, 4.69) is 0 Å². The fourth-order valence-corrected chi connectivity index (χ4v) is 4.33. The van der Waals surface area contributed by atoms with Crippen LogP contribution in [0.5, 0.6) is 5.75 Å². The van der Waals surface area contributed by atoms with Crippen LogP contribution in [0.3, 0.4) is 0 Å². The van der Waals surface area contributed by atoms with E-state index in [1.165, 1.54) is 16.4 Å². The molecule has 2 atom stereocenters. The van der Waals surface area contributed by atoms with E-state index in [9.17, 15) is 12.8 Å². The second-order valence-electron chi connectivity index (χ2n) is 6.04. The molecule has 128 valence electrons. The van der Waals surface area contributed by atoms with Crippen LogP contribution in [0.25, 0.3) is 0 Å². The molecule has 0 bridgehead atoms. The predicted molar refractivity (Wildman–Crippen MR) is 82.2 cm³/mol. The Hall–Kier alpha value is -1.22. The Morgan fingerprint density at radius 1 is 1.39 bits per heavy atom. The van der Waals surface area contributed by atoms with Crippen LogP contribution in [0.15, 0.2) is 23.1 Å². The predicted octanol–water partition coefficient (Wildman–Crippen LogP) is 0.963. The Morgan fingerprint density at radius 3 is 2.83 bits per heavy atom. The fraction of sp³-hybridized carbons (Fsp3) is 0.600. The van der Waals surface area contributed by atoms with E-state index in [4.69, 9.17) is 15.2 Å². The highest BCUT2D eigenvalue weighted by Crippen LogP contribution is 2.26. The minimum absolute atomic E-state index is 0.0639. The van der Waals surface area contributed by atoms with Gasteiger partial charge in [-0.1, -0.05) is 0 Å². The number of nitrogens with two attached hydrogens (primary N) is 1. The Bertz CT molecular complexity index is 661. The molecule has 1 aromatic rings. The van der Waals surface area contributed by atoms with Crippen LogP contribution in [0, 0.1) is 11.7 Å². The lowest BCUT2D eigenvalue weighted by Gasteiger charge is -2.17. The van der Waals surface area contributed by atoms with E-state index in [0.717, 1.165) is 12.5 Å². The number of sulfonamides is 1. The molecule has 2 fully saturated rings. The van der Waals surface area contributed by atoms with Crippen LogP contribution in [0.2, 0.25) is 0 Å². The maximum absolute atomic E-state index is 14.2. The van der Waals surface area contributed by atoms with Gasteiger partial charge < -0.3 is 15.2 Å². The average Bonchev–Trinajstić information content (AvgIpc) is 3.17. The van der Waals surface area contributed by atoms with Gasteiger partial charge in [0.1, 0.15) is 0 Å². The van der Waals surface area contributed by atoms with Gasteiger partial charge in [0.05, 0.1) is 18.1 Å². The summed E-state index contributed by atoms with van der Waals surface area (Å²) in [5.74, 6) is -0.355. The SMILES string of the molecule is N[C@@H]1CCN(S(=O)(=O)c2ccc(OCC3CCOC3)c(F)c2)C1. The van der Waals surface area contributed by atoms with Crippen molar-refractivity contribution in [2.24, 2.45) is 11.7 Å². The van der Waals surface area contributed by atoms with Gasteiger partial charge in [-0.25, -0.2) is 12.8 Å². The molecule has 2 saturated heterocycles. The zero-order valence-electron chi connectivity index (χ0n) is 12.8. The number of rotatable bonds is 5. The Balaban J connectivity index is 1.70. The number of nitrogens with zero attached hydrogens (tertiary/aromatic N) is 1. The summed E-state index contributed by atoms with van der Waals surface area (Å²) in [7, 11) is -3.70. The molecule has 1 aromatic carbocycles. The van der Waals surface area contributed by atoms with Gasteiger partial charge in [0.25, 0.3) is 0 Å². The smallest absolute Gasteiger partial charge is 0.243 e. The van der Waals surface area contributed by atoms with E-state index in [1.807, 2.05) is 0 Å². The molecule has 0 saturated carbocycles. The number of halogens is 1. The second kappa shape index (κ2) is 6.72. The molecule has 6 nitrogen and oxygen atoms in total. The standard InChI is InChI=1S/C15H21FN2O4S/c16-14-7-13(23(19,20)18-5-3-12(17)8-18)1-2-15(14)22-10-11-4-6-21-9-11/h1-2,7,11-12H,3-6,8-10,17H2/t11?,12-/m1/s1. The average molecular weight is 344 g/mol. The van der Waals surface area contributed by atoms with Crippen molar-refractivity contribution in [3.63, 3.8) is 0 Å². The summed E-state index contributed by atoms with van der Waals surface area (Å²) >= 11 is 0. The molecule has 2 aliphatic rings. The van der Waals surface area contributed by atoms with Gasteiger partial charge in [0.15, 0.2) is 11.6 Å². The number of hydrogen-bond acceptors (Lipinski definition) is 5. The highest BCUT2D eigenvalue weighted by Gasteiger charge is 2.31. The molecular formula is C15H21FN2O4S. The zero-order valence-corrected chi connectivity index (χ0v) is 13.6. The molecule has 0 spiro atoms. The Kier molecular flexibility index (Phi) is 4.86. The lowest BCUT2D eigenvalue weighted by molar-refractivity contribution is 0.165. The topological polar surface area (TPSA) is 81.9 Å². The van der Waals surface area contributed by atoms with Gasteiger partial charge in [0.2, 0.25) is 10.0 Å². The zero-order chi connectivity index (χ0) is 16.4. The normalized spacial score (nSPS) is 25.8. The van der Waals surface area contributed by atoms with Crippen LogP contribution in [-0.2, 0) is 14.8 Å². The summed E-state index contributed by atoms with van der Waals surface area (Å²) in [6, 6.07) is 3.60. The molecular weight excluding hydrogens is 323 g/mol. The van der Waals surface area contributed by atoms with Crippen molar-refractivity contribution in [3.05, 3.63) is 24.0 Å². The molecule has 2 heterocycles. The van der Waals surface area contributed by atoms with E-state index < -0.39 is 15.8 Å². The van der Waals surface area contributed by atoms with Crippen LogP contribution >= 0.6 is 0 Å². The van der Waals surface area contributed by atoms with Gasteiger partial charge in [0, 0.05) is 31.7 Å². The summed E-state index contributed by atoms with van der Waals surface area (Å²) in [5, 5.41) is 0. The van der Waals surface area contributed by atoms with E-state index in [-0.39, 0.29) is 29.1 Å². The Morgan fingerprint density at radius 2 is 2.22 bits per heavy atom. The molecule has 0 amide bonds. The van der Waals surface area contributed by atoms with Crippen molar-refractivity contribution < 1.29 is 22.3 Å². The van der Waals surface area contributed by atoms with Gasteiger partial charge in [-0.05, 0) is 31.0 Å². The van der Waals surface area contributed by atoms with Crippen molar-refractivity contribution in [2.75, 3.05) is 32.9 Å². The lowest BCUT2D eigenvalue weighted by Crippen LogP contribution is -2.32. The molecule has 1 unspecified atom stereocenters. The number of hydrogen-bond donors (Lipinski definition) is 1. The van der Waals surface area contributed by atoms with Gasteiger partial charge in [-0.15, -0.1) is 0 Å². The number of ether oxygens (including phenoxy) is 2. The minimum atomic E-state index is -3.70. The molecule has 23 heavy (non-hydrogen) atoms. The highest BCUT2D eigenvalue weighted by molar-refractivity contribution is 7.89. The molecule has 0 aliphatic carbocycles. The van der Waals surface area contributed by atoms with Crippen molar-refractivity contribution >= 4 is 10.0 Å². The van der Waals surface area contributed by atoms with Crippen LogP contribution < -0.4 is 10.5 Å². The van der Waals surface area contributed by atoms with Crippen molar-refractivity contribution in [3.8, 4) is 5.75 Å². The van der Waals surface area contributed by atoms with Crippen LogP contribution in [-0.4, -0.2) is 51.7 Å². The second-order valence-corrected chi connectivity index (χ2v) is 7.98. The summed E-state index contributed by atoms with van der Waals surface area (Å²) in [4.78, 5) is -0.0688. The maximum Gasteiger partial charge on any atom is 0.243 e. The quantitative estimate of drug-likeness (QED) is 0.860. The summed E-state index contributed by atoms with van der Waals surface area (Å²) < 4.78 is 51.0. The minimum Gasteiger partial charge on any atom is -0.490 e. The number of benzene rings is 1. The summed E-state index contributed by atoms with van der Waals surface area (Å²) in [6.45, 7) is 2.31. The van der Waals surface area contributed by atoms with Crippen molar-refractivity contribution in [2.45, 2.75) is 23.8 Å². The van der Waals surface area contributed by atoms with Crippen LogP contribution in [0.4, 0.5) is 4.39 Å². The fourth-order valence-electron chi connectivity index (χ4n) is 2.80. The van der Waals surface area contributed by atoms with Gasteiger partial charge >= 0.3 is 0 Å². The maximum atomic E-state index is 14.2. The summed E-state index contributed by atoms with van der Waals surface area (Å²) in [6.07, 6.45) is 1.51.